The third-order valence-electron chi connectivity index (χ3n) is 2.97. The highest BCUT2D eigenvalue weighted by molar-refractivity contribution is 5.36. The van der Waals surface area contributed by atoms with Gasteiger partial charge in [-0.15, -0.1) is 0 Å². The molecule has 1 aromatic rings. The summed E-state index contributed by atoms with van der Waals surface area (Å²) < 4.78 is 0. The minimum Gasteiger partial charge on any atom is -0.391 e. The van der Waals surface area contributed by atoms with Gasteiger partial charge in [0.05, 0.1) is 12.1 Å². The fourth-order valence-electron chi connectivity index (χ4n) is 2.02. The molecule has 1 aliphatic rings. The number of pyridine rings is 1. The Morgan fingerprint density at radius 3 is 2.80 bits per heavy atom. The maximum absolute atomic E-state index is 9.79. The van der Waals surface area contributed by atoms with Crippen molar-refractivity contribution in [2.45, 2.75) is 44.8 Å². The van der Waals surface area contributed by atoms with Crippen LogP contribution < -0.4 is 5.32 Å². The number of aliphatic hydroxyl groups excluding tert-OH is 1. The van der Waals surface area contributed by atoms with Crippen LogP contribution in [0.1, 0.15) is 31.2 Å². The average molecular weight is 206 g/mol. The Bertz CT molecular complexity index is 310. The number of anilines is 1. The van der Waals surface area contributed by atoms with Crippen molar-refractivity contribution >= 4 is 5.82 Å². The number of aromatic nitrogens is 1. The van der Waals surface area contributed by atoms with E-state index in [1.54, 1.807) is 0 Å². The summed E-state index contributed by atoms with van der Waals surface area (Å²) in [6.07, 6.45) is 5.90. The largest absolute Gasteiger partial charge is 0.391 e. The van der Waals surface area contributed by atoms with E-state index in [9.17, 15) is 5.11 Å². The van der Waals surface area contributed by atoms with E-state index in [0.29, 0.717) is 0 Å². The van der Waals surface area contributed by atoms with Gasteiger partial charge in [0.15, 0.2) is 0 Å². The minimum absolute atomic E-state index is 0.175. The highest BCUT2D eigenvalue weighted by Crippen LogP contribution is 2.21. The molecule has 1 aromatic heterocycles. The number of nitrogens with zero attached hydrogens (tertiary/aromatic N) is 1. The van der Waals surface area contributed by atoms with Crippen molar-refractivity contribution in [1.82, 2.24) is 4.98 Å². The molecule has 1 heterocycles. The van der Waals surface area contributed by atoms with E-state index in [4.69, 9.17) is 0 Å². The van der Waals surface area contributed by atoms with E-state index < -0.39 is 0 Å². The van der Waals surface area contributed by atoms with Gasteiger partial charge in [-0.05, 0) is 31.4 Å². The molecule has 0 saturated heterocycles. The number of aliphatic hydroxyl groups is 1. The molecule has 2 N–H and O–H groups in total. The fraction of sp³-hybridized carbons (Fsp3) is 0.583. The Morgan fingerprint density at radius 2 is 2.13 bits per heavy atom. The second-order valence-electron chi connectivity index (χ2n) is 4.32. The zero-order valence-corrected chi connectivity index (χ0v) is 9.11. The van der Waals surface area contributed by atoms with Crippen LogP contribution in [0, 0.1) is 6.92 Å². The highest BCUT2D eigenvalue weighted by Gasteiger charge is 2.22. The predicted molar refractivity (Wildman–Crippen MR) is 60.9 cm³/mol. The van der Waals surface area contributed by atoms with E-state index in [1.165, 1.54) is 6.42 Å². The third-order valence-corrected chi connectivity index (χ3v) is 2.97. The molecule has 0 radical (unpaired) electrons. The van der Waals surface area contributed by atoms with E-state index in [0.717, 1.165) is 30.6 Å². The number of rotatable bonds is 2. The third kappa shape index (κ3) is 2.69. The summed E-state index contributed by atoms with van der Waals surface area (Å²) in [5.41, 5.74) is 1.16. The molecule has 2 rings (SSSR count). The van der Waals surface area contributed by atoms with Crippen molar-refractivity contribution in [1.29, 1.82) is 0 Å². The van der Waals surface area contributed by atoms with Gasteiger partial charge in [-0.25, -0.2) is 4.98 Å². The molecule has 3 heteroatoms. The van der Waals surface area contributed by atoms with Gasteiger partial charge in [0.1, 0.15) is 5.82 Å². The molecule has 15 heavy (non-hydrogen) atoms. The monoisotopic (exact) mass is 206 g/mol. The van der Waals surface area contributed by atoms with E-state index in [-0.39, 0.29) is 12.1 Å². The molecule has 2 unspecified atom stereocenters. The fourth-order valence-corrected chi connectivity index (χ4v) is 2.02. The Kier molecular flexibility index (Phi) is 3.21. The summed E-state index contributed by atoms with van der Waals surface area (Å²) in [5.74, 6) is 0.867. The van der Waals surface area contributed by atoms with Crippen LogP contribution in [0.2, 0.25) is 0 Å². The lowest BCUT2D eigenvalue weighted by atomic mass is 9.92. The standard InChI is InChI=1S/C12H18N2O/c1-9-6-7-12(13-8-9)14-10-4-2-3-5-11(10)15/h6-8,10-11,15H,2-5H2,1H3,(H,13,14). The molecule has 82 valence electrons. The zero-order valence-electron chi connectivity index (χ0n) is 9.11. The minimum atomic E-state index is -0.221. The quantitative estimate of drug-likeness (QED) is 0.779. The first-order valence-electron chi connectivity index (χ1n) is 5.63. The van der Waals surface area contributed by atoms with Gasteiger partial charge in [-0.2, -0.15) is 0 Å². The van der Waals surface area contributed by atoms with Crippen LogP contribution in [-0.2, 0) is 0 Å². The van der Waals surface area contributed by atoms with Gasteiger partial charge in [0, 0.05) is 6.20 Å². The van der Waals surface area contributed by atoms with Crippen molar-refractivity contribution in [3.8, 4) is 0 Å². The second kappa shape index (κ2) is 4.62. The number of hydrogen-bond acceptors (Lipinski definition) is 3. The summed E-state index contributed by atoms with van der Waals surface area (Å²) in [7, 11) is 0. The van der Waals surface area contributed by atoms with Gasteiger partial charge in [0.2, 0.25) is 0 Å². The molecule has 0 bridgehead atoms. The van der Waals surface area contributed by atoms with Gasteiger partial charge in [-0.3, -0.25) is 0 Å². The van der Waals surface area contributed by atoms with Crippen molar-refractivity contribution in [3.05, 3.63) is 23.9 Å². The lowest BCUT2D eigenvalue weighted by molar-refractivity contribution is 0.116. The molecule has 1 saturated carbocycles. The molecule has 2 atom stereocenters. The topological polar surface area (TPSA) is 45.1 Å². The average Bonchev–Trinajstić information content (AvgIpc) is 2.25. The van der Waals surface area contributed by atoms with Gasteiger partial charge in [-0.1, -0.05) is 18.9 Å². The van der Waals surface area contributed by atoms with Crippen LogP contribution in [0.3, 0.4) is 0 Å². The number of hydrogen-bond donors (Lipinski definition) is 2. The summed E-state index contributed by atoms with van der Waals surface area (Å²) in [4.78, 5) is 4.28. The molecule has 3 nitrogen and oxygen atoms in total. The van der Waals surface area contributed by atoms with Crippen LogP contribution in [-0.4, -0.2) is 22.2 Å². The van der Waals surface area contributed by atoms with Crippen LogP contribution in [0.15, 0.2) is 18.3 Å². The van der Waals surface area contributed by atoms with E-state index in [2.05, 4.69) is 10.3 Å². The molecule has 0 aliphatic heterocycles. The van der Waals surface area contributed by atoms with Crippen LogP contribution in [0.25, 0.3) is 0 Å². The second-order valence-corrected chi connectivity index (χ2v) is 4.32. The lowest BCUT2D eigenvalue weighted by Crippen LogP contribution is -2.36. The summed E-state index contributed by atoms with van der Waals surface area (Å²) in [6.45, 7) is 2.02. The van der Waals surface area contributed by atoms with E-state index >= 15 is 0 Å². The smallest absolute Gasteiger partial charge is 0.126 e. The molecular formula is C12H18N2O. The molecular weight excluding hydrogens is 188 g/mol. The maximum Gasteiger partial charge on any atom is 0.126 e. The zero-order chi connectivity index (χ0) is 10.7. The summed E-state index contributed by atoms with van der Waals surface area (Å²) in [5, 5.41) is 13.1. The molecule has 0 amide bonds. The first-order chi connectivity index (χ1) is 7.25. The van der Waals surface area contributed by atoms with Crippen LogP contribution >= 0.6 is 0 Å². The van der Waals surface area contributed by atoms with Crippen molar-refractivity contribution in [2.24, 2.45) is 0 Å². The SMILES string of the molecule is Cc1ccc(NC2CCCCC2O)nc1. The Hall–Kier alpha value is -1.09. The Labute approximate surface area is 90.5 Å². The van der Waals surface area contributed by atoms with Gasteiger partial charge >= 0.3 is 0 Å². The van der Waals surface area contributed by atoms with Crippen molar-refractivity contribution < 1.29 is 5.11 Å². The maximum atomic E-state index is 9.79. The Morgan fingerprint density at radius 1 is 1.33 bits per heavy atom. The molecule has 0 spiro atoms. The first kappa shape index (κ1) is 10.4. The van der Waals surface area contributed by atoms with Crippen LogP contribution in [0.5, 0.6) is 0 Å². The van der Waals surface area contributed by atoms with Crippen molar-refractivity contribution in [3.63, 3.8) is 0 Å². The van der Waals surface area contributed by atoms with Crippen LogP contribution in [0.4, 0.5) is 5.82 Å². The highest BCUT2D eigenvalue weighted by atomic mass is 16.3. The summed E-state index contributed by atoms with van der Waals surface area (Å²) in [6, 6.07) is 4.18. The van der Waals surface area contributed by atoms with E-state index in [1.807, 2.05) is 25.3 Å². The summed E-state index contributed by atoms with van der Waals surface area (Å²) >= 11 is 0. The first-order valence-corrected chi connectivity index (χ1v) is 5.63. The van der Waals surface area contributed by atoms with Gasteiger partial charge < -0.3 is 10.4 Å². The predicted octanol–water partition coefficient (Wildman–Crippen LogP) is 2.11. The Balaban J connectivity index is 1.98. The molecule has 1 aliphatic carbocycles. The normalized spacial score (nSPS) is 26.3. The number of nitrogens with one attached hydrogen (secondary N) is 1. The van der Waals surface area contributed by atoms with Crippen molar-refractivity contribution in [2.75, 3.05) is 5.32 Å². The lowest BCUT2D eigenvalue weighted by Gasteiger charge is -2.28. The molecule has 0 aromatic carbocycles. The number of aryl methyl sites for hydroxylation is 1. The van der Waals surface area contributed by atoms with Gasteiger partial charge in [0.25, 0.3) is 0 Å². The molecule has 1 fully saturated rings.